The van der Waals surface area contributed by atoms with Gasteiger partial charge in [-0.15, -0.1) is 0 Å². The largest absolute Gasteiger partial charge is 0.494 e. The molecule has 0 bridgehead atoms. The third-order valence-corrected chi connectivity index (χ3v) is 4.70. The fourth-order valence-corrected chi connectivity index (χ4v) is 3.21. The topological polar surface area (TPSA) is 42.0 Å². The number of ether oxygens (including phenoxy) is 2. The van der Waals surface area contributed by atoms with Gasteiger partial charge in [-0.3, -0.25) is 9.69 Å². The first-order valence-corrected chi connectivity index (χ1v) is 9.17. The molecule has 3 rings (SSSR count). The highest BCUT2D eigenvalue weighted by atomic mass is 19.1. The number of carbonyl (C=O) groups excluding carboxylic acids is 1. The Balaban J connectivity index is 1.53. The van der Waals surface area contributed by atoms with E-state index in [9.17, 15) is 9.18 Å². The van der Waals surface area contributed by atoms with Crippen LogP contribution in [-0.2, 0) is 6.54 Å². The predicted molar refractivity (Wildman–Crippen MR) is 102 cm³/mol. The van der Waals surface area contributed by atoms with Crippen LogP contribution in [0, 0.1) is 5.82 Å². The number of hydrogen-bond acceptors (Lipinski definition) is 4. The Hall–Kier alpha value is -2.60. The van der Waals surface area contributed by atoms with Gasteiger partial charge in [-0.2, -0.15) is 0 Å². The number of amides is 1. The standard InChI is InChI=1S/C21H25FN2O3/c1-3-27-18-7-4-16(5-8-18)15-23-10-12-24(13-11-23)21(25)17-6-9-20(26-2)19(22)14-17/h4-9,14H,3,10-13,15H2,1-2H3. The Labute approximate surface area is 159 Å². The van der Waals surface area contributed by atoms with Crippen LogP contribution < -0.4 is 9.47 Å². The van der Waals surface area contributed by atoms with Crippen LogP contribution in [0.5, 0.6) is 11.5 Å². The predicted octanol–water partition coefficient (Wildman–Crippen LogP) is 3.19. The molecule has 1 heterocycles. The molecule has 0 radical (unpaired) electrons. The quantitative estimate of drug-likeness (QED) is 0.781. The summed E-state index contributed by atoms with van der Waals surface area (Å²) in [4.78, 5) is 16.7. The summed E-state index contributed by atoms with van der Waals surface area (Å²) >= 11 is 0. The fourth-order valence-electron chi connectivity index (χ4n) is 3.21. The van der Waals surface area contributed by atoms with Crippen LogP contribution in [0.15, 0.2) is 42.5 Å². The summed E-state index contributed by atoms with van der Waals surface area (Å²) in [6.07, 6.45) is 0. The van der Waals surface area contributed by atoms with Crippen molar-refractivity contribution in [1.82, 2.24) is 9.80 Å². The zero-order chi connectivity index (χ0) is 19.2. The smallest absolute Gasteiger partial charge is 0.254 e. The molecule has 0 atom stereocenters. The van der Waals surface area contributed by atoms with Crippen molar-refractivity contribution < 1.29 is 18.7 Å². The number of carbonyl (C=O) groups is 1. The van der Waals surface area contributed by atoms with Crippen molar-refractivity contribution in [3.8, 4) is 11.5 Å². The van der Waals surface area contributed by atoms with Gasteiger partial charge in [0.2, 0.25) is 0 Å². The molecule has 6 heteroatoms. The molecule has 1 amide bonds. The Morgan fingerprint density at radius 3 is 2.37 bits per heavy atom. The molecule has 1 aliphatic rings. The SMILES string of the molecule is CCOc1ccc(CN2CCN(C(=O)c3ccc(OC)c(F)c3)CC2)cc1. The maximum atomic E-state index is 13.8. The van der Waals surface area contributed by atoms with Gasteiger partial charge in [0.25, 0.3) is 5.91 Å². The summed E-state index contributed by atoms with van der Waals surface area (Å²) in [5.74, 6) is 0.366. The zero-order valence-corrected chi connectivity index (χ0v) is 15.8. The van der Waals surface area contributed by atoms with Crippen LogP contribution in [0.25, 0.3) is 0 Å². The van der Waals surface area contributed by atoms with Gasteiger partial charge in [-0.05, 0) is 42.8 Å². The van der Waals surface area contributed by atoms with E-state index in [1.165, 1.54) is 24.8 Å². The monoisotopic (exact) mass is 372 g/mol. The second kappa shape index (κ2) is 8.86. The highest BCUT2D eigenvalue weighted by Gasteiger charge is 2.23. The molecule has 0 saturated carbocycles. The molecule has 27 heavy (non-hydrogen) atoms. The van der Waals surface area contributed by atoms with Gasteiger partial charge in [0, 0.05) is 38.3 Å². The summed E-state index contributed by atoms with van der Waals surface area (Å²) in [6, 6.07) is 12.5. The summed E-state index contributed by atoms with van der Waals surface area (Å²) in [7, 11) is 1.41. The molecule has 0 spiro atoms. The molecular weight excluding hydrogens is 347 g/mol. The molecule has 0 aliphatic carbocycles. The van der Waals surface area contributed by atoms with E-state index in [4.69, 9.17) is 9.47 Å². The van der Waals surface area contributed by atoms with E-state index in [0.29, 0.717) is 25.3 Å². The number of piperazine rings is 1. The summed E-state index contributed by atoms with van der Waals surface area (Å²) < 4.78 is 24.2. The van der Waals surface area contributed by atoms with Gasteiger partial charge in [0.05, 0.1) is 13.7 Å². The number of rotatable bonds is 6. The summed E-state index contributed by atoms with van der Waals surface area (Å²) in [5.41, 5.74) is 1.57. The minimum Gasteiger partial charge on any atom is -0.494 e. The van der Waals surface area contributed by atoms with Crippen molar-refractivity contribution in [2.45, 2.75) is 13.5 Å². The van der Waals surface area contributed by atoms with E-state index in [0.717, 1.165) is 25.4 Å². The maximum Gasteiger partial charge on any atom is 0.254 e. The molecule has 1 saturated heterocycles. The highest BCUT2D eigenvalue weighted by Crippen LogP contribution is 2.20. The Morgan fingerprint density at radius 1 is 1.07 bits per heavy atom. The van der Waals surface area contributed by atoms with E-state index >= 15 is 0 Å². The van der Waals surface area contributed by atoms with Crippen molar-refractivity contribution in [2.24, 2.45) is 0 Å². The minimum absolute atomic E-state index is 0.141. The first-order chi connectivity index (χ1) is 13.1. The van der Waals surface area contributed by atoms with Crippen LogP contribution >= 0.6 is 0 Å². The van der Waals surface area contributed by atoms with E-state index in [1.807, 2.05) is 19.1 Å². The molecule has 1 aliphatic heterocycles. The third-order valence-electron chi connectivity index (χ3n) is 4.70. The number of methoxy groups -OCH3 is 1. The normalized spacial score (nSPS) is 14.9. The number of benzene rings is 2. The molecule has 1 fully saturated rings. The molecule has 2 aromatic rings. The van der Waals surface area contributed by atoms with E-state index < -0.39 is 5.82 Å². The molecule has 0 aromatic heterocycles. The Morgan fingerprint density at radius 2 is 1.78 bits per heavy atom. The first-order valence-electron chi connectivity index (χ1n) is 9.17. The van der Waals surface area contributed by atoms with Crippen molar-refractivity contribution in [1.29, 1.82) is 0 Å². The van der Waals surface area contributed by atoms with Gasteiger partial charge in [-0.25, -0.2) is 4.39 Å². The van der Waals surface area contributed by atoms with Gasteiger partial charge in [-0.1, -0.05) is 12.1 Å². The lowest BCUT2D eigenvalue weighted by Gasteiger charge is -2.34. The average Bonchev–Trinajstić information content (AvgIpc) is 2.70. The van der Waals surface area contributed by atoms with Crippen LogP contribution in [0.4, 0.5) is 4.39 Å². The van der Waals surface area contributed by atoms with Gasteiger partial charge in [0.1, 0.15) is 5.75 Å². The van der Waals surface area contributed by atoms with Gasteiger partial charge < -0.3 is 14.4 Å². The van der Waals surface area contributed by atoms with Crippen molar-refractivity contribution in [3.05, 3.63) is 59.4 Å². The lowest BCUT2D eigenvalue weighted by molar-refractivity contribution is 0.0628. The molecule has 5 nitrogen and oxygen atoms in total. The lowest BCUT2D eigenvalue weighted by atomic mass is 10.1. The summed E-state index contributed by atoms with van der Waals surface area (Å²) in [6.45, 7) is 6.30. The molecule has 0 unspecified atom stereocenters. The van der Waals surface area contributed by atoms with Crippen molar-refractivity contribution >= 4 is 5.91 Å². The van der Waals surface area contributed by atoms with E-state index in [1.54, 1.807) is 11.0 Å². The zero-order valence-electron chi connectivity index (χ0n) is 15.8. The first kappa shape index (κ1) is 19.2. The lowest BCUT2D eigenvalue weighted by Crippen LogP contribution is -2.48. The molecule has 2 aromatic carbocycles. The number of halogens is 1. The number of nitrogens with zero attached hydrogens (tertiary/aromatic N) is 2. The minimum atomic E-state index is -0.516. The summed E-state index contributed by atoms with van der Waals surface area (Å²) in [5, 5.41) is 0. The van der Waals surface area contributed by atoms with Crippen LogP contribution in [-0.4, -0.2) is 55.6 Å². The second-order valence-electron chi connectivity index (χ2n) is 6.49. The van der Waals surface area contributed by atoms with Crippen molar-refractivity contribution in [2.75, 3.05) is 39.9 Å². The van der Waals surface area contributed by atoms with Gasteiger partial charge in [0.15, 0.2) is 11.6 Å². The maximum absolute atomic E-state index is 13.8. The van der Waals surface area contributed by atoms with E-state index in [2.05, 4.69) is 17.0 Å². The second-order valence-corrected chi connectivity index (χ2v) is 6.49. The average molecular weight is 372 g/mol. The van der Waals surface area contributed by atoms with Crippen LogP contribution in [0.3, 0.4) is 0 Å². The third kappa shape index (κ3) is 4.77. The highest BCUT2D eigenvalue weighted by molar-refractivity contribution is 5.94. The fraction of sp³-hybridized carbons (Fsp3) is 0.381. The number of hydrogen-bond donors (Lipinski definition) is 0. The van der Waals surface area contributed by atoms with E-state index in [-0.39, 0.29) is 11.7 Å². The van der Waals surface area contributed by atoms with Crippen molar-refractivity contribution in [3.63, 3.8) is 0 Å². The van der Waals surface area contributed by atoms with Crippen LogP contribution in [0.1, 0.15) is 22.8 Å². The molecule has 144 valence electrons. The molecule has 0 N–H and O–H groups in total. The Bertz CT molecular complexity index is 771. The molecular formula is C21H25FN2O3. The van der Waals surface area contributed by atoms with Gasteiger partial charge >= 0.3 is 0 Å². The Kier molecular flexibility index (Phi) is 6.29. The van der Waals surface area contributed by atoms with Crippen LogP contribution in [0.2, 0.25) is 0 Å².